The zero-order valence-corrected chi connectivity index (χ0v) is 11.1. The van der Waals surface area contributed by atoms with Gasteiger partial charge in [0.1, 0.15) is 5.82 Å². The van der Waals surface area contributed by atoms with E-state index in [1.54, 1.807) is 18.3 Å². The van der Waals surface area contributed by atoms with Crippen molar-refractivity contribution >= 4 is 11.7 Å². The summed E-state index contributed by atoms with van der Waals surface area (Å²) in [6, 6.07) is 3.67. The Morgan fingerprint density at radius 1 is 1.58 bits per heavy atom. The monoisotopic (exact) mass is 259 g/mol. The van der Waals surface area contributed by atoms with Gasteiger partial charge in [0.15, 0.2) is 5.76 Å². The molecule has 0 radical (unpaired) electrons. The van der Waals surface area contributed by atoms with Crippen LogP contribution in [0.1, 0.15) is 41.9 Å². The molecule has 5 nitrogen and oxygen atoms in total. The highest BCUT2D eigenvalue weighted by Crippen LogP contribution is 2.40. The summed E-state index contributed by atoms with van der Waals surface area (Å²) in [5.74, 6) is 1.52. The number of aryl methyl sites for hydroxylation is 1. The van der Waals surface area contributed by atoms with Gasteiger partial charge in [0.2, 0.25) is 0 Å². The van der Waals surface area contributed by atoms with Crippen LogP contribution in [0.3, 0.4) is 0 Å². The topological polar surface area (TPSA) is 60.1 Å². The summed E-state index contributed by atoms with van der Waals surface area (Å²) in [5, 5.41) is 7.28. The number of nitrogens with zero attached hydrogens (tertiary/aromatic N) is 2. The van der Waals surface area contributed by atoms with Crippen molar-refractivity contribution in [2.24, 2.45) is 5.92 Å². The number of hydrogen-bond acceptors (Lipinski definition) is 3. The summed E-state index contributed by atoms with van der Waals surface area (Å²) in [7, 11) is 0. The molecule has 2 heterocycles. The Balaban J connectivity index is 1.83. The zero-order valence-electron chi connectivity index (χ0n) is 11.1. The fourth-order valence-corrected chi connectivity index (χ4v) is 2.27. The van der Waals surface area contributed by atoms with Crippen LogP contribution in [0.4, 0.5) is 5.82 Å². The Hall–Kier alpha value is -2.04. The largest absolute Gasteiger partial charge is 0.459 e. The SMILES string of the molecule is Cc1cnn([C@H](C)C2CC2)c1NC(=O)c1ccco1. The molecule has 100 valence electrons. The normalized spacial score (nSPS) is 16.3. The molecule has 1 amide bonds. The molecule has 0 saturated heterocycles. The highest BCUT2D eigenvalue weighted by atomic mass is 16.3. The molecule has 1 atom stereocenters. The summed E-state index contributed by atoms with van der Waals surface area (Å²) in [5.41, 5.74) is 0.965. The van der Waals surface area contributed by atoms with E-state index in [1.807, 2.05) is 11.6 Å². The Bertz CT molecular complexity index is 582. The number of amides is 1. The van der Waals surface area contributed by atoms with E-state index in [1.165, 1.54) is 19.1 Å². The van der Waals surface area contributed by atoms with Gasteiger partial charge in [0, 0.05) is 5.56 Å². The first-order chi connectivity index (χ1) is 9.16. The van der Waals surface area contributed by atoms with E-state index in [0.29, 0.717) is 17.7 Å². The smallest absolute Gasteiger partial charge is 0.292 e. The summed E-state index contributed by atoms with van der Waals surface area (Å²) < 4.78 is 7.01. The molecule has 0 bridgehead atoms. The lowest BCUT2D eigenvalue weighted by Crippen LogP contribution is -2.18. The van der Waals surface area contributed by atoms with Crippen molar-refractivity contribution in [2.45, 2.75) is 32.7 Å². The van der Waals surface area contributed by atoms with Crippen molar-refractivity contribution in [3.8, 4) is 0 Å². The van der Waals surface area contributed by atoms with Gasteiger partial charge in [-0.1, -0.05) is 0 Å². The van der Waals surface area contributed by atoms with E-state index in [4.69, 9.17) is 4.42 Å². The van der Waals surface area contributed by atoms with Crippen molar-refractivity contribution < 1.29 is 9.21 Å². The number of hydrogen-bond donors (Lipinski definition) is 1. The molecule has 2 aromatic rings. The Morgan fingerprint density at radius 3 is 3.00 bits per heavy atom. The molecule has 5 heteroatoms. The van der Waals surface area contributed by atoms with Gasteiger partial charge in [0.05, 0.1) is 18.5 Å². The Labute approximate surface area is 111 Å². The highest BCUT2D eigenvalue weighted by Gasteiger charge is 2.31. The van der Waals surface area contributed by atoms with Crippen LogP contribution >= 0.6 is 0 Å². The van der Waals surface area contributed by atoms with Crippen LogP contribution in [0.15, 0.2) is 29.0 Å². The number of nitrogens with one attached hydrogen (secondary N) is 1. The van der Waals surface area contributed by atoms with Crippen LogP contribution in [0.5, 0.6) is 0 Å². The van der Waals surface area contributed by atoms with Gasteiger partial charge in [-0.2, -0.15) is 5.10 Å². The van der Waals surface area contributed by atoms with Gasteiger partial charge >= 0.3 is 0 Å². The van der Waals surface area contributed by atoms with Crippen molar-refractivity contribution in [2.75, 3.05) is 5.32 Å². The fourth-order valence-electron chi connectivity index (χ4n) is 2.27. The average Bonchev–Trinajstić information content (AvgIpc) is 2.98. The number of furan rings is 1. The molecular weight excluding hydrogens is 242 g/mol. The van der Waals surface area contributed by atoms with E-state index in [9.17, 15) is 4.79 Å². The third-order valence-corrected chi connectivity index (χ3v) is 3.65. The lowest BCUT2D eigenvalue weighted by Gasteiger charge is -2.15. The highest BCUT2D eigenvalue weighted by molar-refractivity contribution is 6.02. The summed E-state index contributed by atoms with van der Waals surface area (Å²) >= 11 is 0. The van der Waals surface area contributed by atoms with Gasteiger partial charge in [-0.05, 0) is 44.7 Å². The van der Waals surface area contributed by atoms with Crippen LogP contribution < -0.4 is 5.32 Å². The number of aromatic nitrogens is 2. The van der Waals surface area contributed by atoms with Gasteiger partial charge in [-0.25, -0.2) is 4.68 Å². The minimum Gasteiger partial charge on any atom is -0.459 e. The first-order valence-electron chi connectivity index (χ1n) is 6.56. The van der Waals surface area contributed by atoms with Crippen molar-refractivity contribution in [3.63, 3.8) is 0 Å². The second kappa shape index (κ2) is 4.57. The Morgan fingerprint density at radius 2 is 2.37 bits per heavy atom. The molecule has 1 N–H and O–H groups in total. The van der Waals surface area contributed by atoms with Crippen molar-refractivity contribution in [3.05, 3.63) is 35.9 Å². The summed E-state index contributed by atoms with van der Waals surface area (Å²) in [6.45, 7) is 4.09. The number of anilines is 1. The molecule has 3 rings (SSSR count). The molecule has 0 spiro atoms. The molecular formula is C14H17N3O2. The fraction of sp³-hybridized carbons (Fsp3) is 0.429. The molecule has 1 saturated carbocycles. The molecule has 19 heavy (non-hydrogen) atoms. The van der Waals surface area contributed by atoms with Gasteiger partial charge in [0.25, 0.3) is 5.91 Å². The van der Waals surface area contributed by atoms with Crippen LogP contribution in [0.25, 0.3) is 0 Å². The second-order valence-electron chi connectivity index (χ2n) is 5.13. The first-order valence-corrected chi connectivity index (χ1v) is 6.56. The molecule has 0 aromatic carbocycles. The third-order valence-electron chi connectivity index (χ3n) is 3.65. The van der Waals surface area contributed by atoms with Gasteiger partial charge in [-0.3, -0.25) is 4.79 Å². The lowest BCUT2D eigenvalue weighted by molar-refractivity contribution is 0.0995. The minimum atomic E-state index is -0.238. The second-order valence-corrected chi connectivity index (χ2v) is 5.13. The number of carbonyl (C=O) groups excluding carboxylic acids is 1. The molecule has 2 aromatic heterocycles. The predicted molar refractivity (Wildman–Crippen MR) is 71.1 cm³/mol. The summed E-state index contributed by atoms with van der Waals surface area (Å²) in [4.78, 5) is 12.0. The van der Waals surface area contributed by atoms with Crippen molar-refractivity contribution in [1.29, 1.82) is 0 Å². The van der Waals surface area contributed by atoms with Crippen LogP contribution in [0.2, 0.25) is 0 Å². The maximum atomic E-state index is 12.0. The molecule has 1 aliphatic carbocycles. The Kier molecular flexibility index (Phi) is 2.89. The van der Waals surface area contributed by atoms with Crippen LogP contribution in [-0.2, 0) is 0 Å². The van der Waals surface area contributed by atoms with Crippen LogP contribution in [0, 0.1) is 12.8 Å². The van der Waals surface area contributed by atoms with Gasteiger partial charge < -0.3 is 9.73 Å². The minimum absolute atomic E-state index is 0.238. The summed E-state index contributed by atoms with van der Waals surface area (Å²) in [6.07, 6.45) is 5.76. The first kappa shape index (κ1) is 12.0. The van der Waals surface area contributed by atoms with E-state index in [-0.39, 0.29) is 5.91 Å². The predicted octanol–water partition coefficient (Wildman–Crippen LogP) is 3.01. The molecule has 1 aliphatic rings. The van der Waals surface area contributed by atoms with Gasteiger partial charge in [-0.15, -0.1) is 0 Å². The maximum absolute atomic E-state index is 12.0. The average molecular weight is 259 g/mol. The zero-order chi connectivity index (χ0) is 13.4. The number of rotatable bonds is 4. The molecule has 0 unspecified atom stereocenters. The molecule has 0 aliphatic heterocycles. The number of carbonyl (C=O) groups is 1. The molecule has 1 fully saturated rings. The van der Waals surface area contributed by atoms with Crippen LogP contribution in [-0.4, -0.2) is 15.7 Å². The maximum Gasteiger partial charge on any atom is 0.292 e. The third kappa shape index (κ3) is 2.28. The van der Waals surface area contributed by atoms with E-state index >= 15 is 0 Å². The lowest BCUT2D eigenvalue weighted by atomic mass is 10.2. The quantitative estimate of drug-likeness (QED) is 0.918. The van der Waals surface area contributed by atoms with E-state index in [0.717, 1.165) is 11.4 Å². The van der Waals surface area contributed by atoms with E-state index < -0.39 is 0 Å². The van der Waals surface area contributed by atoms with Crippen molar-refractivity contribution in [1.82, 2.24) is 9.78 Å². The van der Waals surface area contributed by atoms with E-state index in [2.05, 4.69) is 17.3 Å². The standard InChI is InChI=1S/C14H17N3O2/c1-9-8-15-17(10(2)11-5-6-11)13(9)16-14(18)12-4-3-7-19-12/h3-4,7-8,10-11H,5-6H2,1-2H3,(H,16,18)/t10-/m1/s1.